The van der Waals surface area contributed by atoms with Crippen molar-refractivity contribution in [2.75, 3.05) is 13.1 Å². The molecule has 1 unspecified atom stereocenters. The number of halogens is 2. The van der Waals surface area contributed by atoms with E-state index in [0.29, 0.717) is 12.8 Å². The highest BCUT2D eigenvalue weighted by atomic mass is 35.5. The molecule has 22 heavy (non-hydrogen) atoms. The fraction of sp³-hybridized carbons (Fsp3) is 0.500. The molecule has 0 spiro atoms. The smallest absolute Gasteiger partial charge is 0.276 e. The second kappa shape index (κ2) is 6.86. The maximum Gasteiger partial charge on any atom is 0.276 e. The van der Waals surface area contributed by atoms with Gasteiger partial charge in [-0.25, -0.2) is 12.8 Å². The summed E-state index contributed by atoms with van der Waals surface area (Å²) in [4.78, 5) is 9.71. The monoisotopic (exact) mass is 353 g/mol. The van der Waals surface area contributed by atoms with E-state index in [1.165, 1.54) is 11.2 Å². The van der Waals surface area contributed by atoms with Gasteiger partial charge < -0.3 is 5.73 Å². The number of hydrogen-bond acceptors (Lipinski definition) is 5. The third-order valence-corrected chi connectivity index (χ3v) is 5.62. The van der Waals surface area contributed by atoms with Crippen molar-refractivity contribution in [2.45, 2.75) is 30.7 Å². The van der Waals surface area contributed by atoms with Gasteiger partial charge in [-0.1, -0.05) is 0 Å². The number of sulfonamides is 1. The molecule has 0 bridgehead atoms. The minimum absolute atomic E-state index is 0. The van der Waals surface area contributed by atoms with Crippen LogP contribution in [0.2, 0.25) is 0 Å². The molecule has 0 saturated carbocycles. The van der Waals surface area contributed by atoms with E-state index in [1.54, 1.807) is 0 Å². The van der Waals surface area contributed by atoms with Crippen molar-refractivity contribution < 1.29 is 17.7 Å². The molecule has 124 valence electrons. The van der Waals surface area contributed by atoms with Gasteiger partial charge in [0.1, 0.15) is 5.82 Å². The zero-order chi connectivity index (χ0) is 15.8. The number of nitro groups is 1. The maximum atomic E-state index is 13.8. The summed E-state index contributed by atoms with van der Waals surface area (Å²) < 4.78 is 40.0. The number of nitrogens with zero attached hydrogens (tertiary/aromatic N) is 2. The molecule has 2 rings (SSSR count). The number of rotatable bonds is 4. The zero-order valence-corrected chi connectivity index (χ0v) is 13.5. The van der Waals surface area contributed by atoms with Gasteiger partial charge in [0.05, 0.1) is 15.4 Å². The molecule has 10 heteroatoms. The lowest BCUT2D eigenvalue weighted by atomic mass is 10.2. The van der Waals surface area contributed by atoms with Gasteiger partial charge in [0.15, 0.2) is 0 Å². The first-order valence-corrected chi connectivity index (χ1v) is 7.89. The maximum absolute atomic E-state index is 13.8. The Balaban J connectivity index is 0.00000242. The van der Waals surface area contributed by atoms with Crippen LogP contribution in [0.25, 0.3) is 0 Å². The Kier molecular flexibility index (Phi) is 5.85. The molecule has 1 heterocycles. The summed E-state index contributed by atoms with van der Waals surface area (Å²) in [6, 6.07) is 1.38. The van der Waals surface area contributed by atoms with E-state index in [9.17, 15) is 22.9 Å². The molecule has 1 fully saturated rings. The Morgan fingerprint density at radius 1 is 1.50 bits per heavy atom. The summed E-state index contributed by atoms with van der Waals surface area (Å²) in [6.45, 7) is 1.69. The van der Waals surface area contributed by atoms with Crippen LogP contribution in [0.1, 0.15) is 18.4 Å². The molecule has 1 aromatic carbocycles. The standard InChI is InChI=1S/C12H16FN3O4S.ClH/c1-8-11(13)5-10(6-12(8)16(17)18)21(19,20)15-4-2-3-9(15)7-14;/h5-6,9H,2-4,7,14H2,1H3;1H. The number of benzene rings is 1. The van der Waals surface area contributed by atoms with Gasteiger partial charge in [0, 0.05) is 25.2 Å². The van der Waals surface area contributed by atoms with E-state index in [2.05, 4.69) is 0 Å². The van der Waals surface area contributed by atoms with Gasteiger partial charge in [0.25, 0.3) is 5.69 Å². The van der Waals surface area contributed by atoms with Crippen LogP contribution >= 0.6 is 12.4 Å². The first-order chi connectivity index (χ1) is 9.78. The largest absolute Gasteiger partial charge is 0.329 e. The van der Waals surface area contributed by atoms with E-state index in [1.807, 2.05) is 0 Å². The molecule has 1 aliphatic rings. The number of hydrogen-bond donors (Lipinski definition) is 1. The van der Waals surface area contributed by atoms with Crippen molar-refractivity contribution in [3.05, 3.63) is 33.6 Å². The predicted octanol–water partition coefficient (Wildman–Crippen LogP) is 1.58. The fourth-order valence-electron chi connectivity index (χ4n) is 2.48. The summed E-state index contributed by atoms with van der Waals surface area (Å²) in [6.07, 6.45) is 1.30. The summed E-state index contributed by atoms with van der Waals surface area (Å²) in [7, 11) is -3.99. The van der Waals surface area contributed by atoms with Gasteiger partial charge in [-0.2, -0.15) is 4.31 Å². The molecule has 0 aliphatic carbocycles. The quantitative estimate of drug-likeness (QED) is 0.653. The van der Waals surface area contributed by atoms with E-state index < -0.39 is 31.3 Å². The summed E-state index contributed by atoms with van der Waals surface area (Å²) in [5, 5.41) is 10.9. The highest BCUT2D eigenvalue weighted by Gasteiger charge is 2.36. The van der Waals surface area contributed by atoms with Crippen LogP contribution in [0, 0.1) is 22.9 Å². The van der Waals surface area contributed by atoms with E-state index in [-0.39, 0.29) is 37.1 Å². The Bertz CT molecular complexity index is 683. The highest BCUT2D eigenvalue weighted by Crippen LogP contribution is 2.30. The zero-order valence-electron chi connectivity index (χ0n) is 11.9. The number of nitro benzene ring substituents is 1. The number of nitrogens with two attached hydrogens (primary N) is 1. The van der Waals surface area contributed by atoms with Gasteiger partial charge in [-0.15, -0.1) is 12.4 Å². The average molecular weight is 354 g/mol. The second-order valence-electron chi connectivity index (χ2n) is 4.95. The van der Waals surface area contributed by atoms with Crippen LogP contribution < -0.4 is 5.73 Å². The summed E-state index contributed by atoms with van der Waals surface area (Å²) in [5.74, 6) is -0.911. The van der Waals surface area contributed by atoms with Gasteiger partial charge in [-0.05, 0) is 25.8 Å². The molecule has 7 nitrogen and oxygen atoms in total. The molecule has 0 aromatic heterocycles. The van der Waals surface area contributed by atoms with Crippen molar-refractivity contribution in [3.8, 4) is 0 Å². The molecule has 1 aromatic rings. The van der Waals surface area contributed by atoms with E-state index in [0.717, 1.165) is 12.1 Å². The fourth-order valence-corrected chi connectivity index (χ4v) is 4.21. The predicted molar refractivity (Wildman–Crippen MR) is 81.0 cm³/mol. The van der Waals surface area contributed by atoms with Crippen LogP contribution in [-0.4, -0.2) is 36.8 Å². The van der Waals surface area contributed by atoms with Crippen LogP contribution in [0.5, 0.6) is 0 Å². The lowest BCUT2D eigenvalue weighted by Gasteiger charge is -2.22. The van der Waals surface area contributed by atoms with Crippen molar-refractivity contribution in [2.24, 2.45) is 5.73 Å². The Morgan fingerprint density at radius 3 is 2.68 bits per heavy atom. The van der Waals surface area contributed by atoms with Crippen LogP contribution in [0.15, 0.2) is 17.0 Å². The average Bonchev–Trinajstić information content (AvgIpc) is 2.90. The van der Waals surface area contributed by atoms with Crippen molar-refractivity contribution in [3.63, 3.8) is 0 Å². The first-order valence-electron chi connectivity index (χ1n) is 6.45. The van der Waals surface area contributed by atoms with Crippen LogP contribution in [-0.2, 0) is 10.0 Å². The molecule has 0 radical (unpaired) electrons. The summed E-state index contributed by atoms with van der Waals surface area (Å²) in [5.41, 5.74) is 4.81. The second-order valence-corrected chi connectivity index (χ2v) is 6.84. The molecule has 0 amide bonds. The first kappa shape index (κ1) is 18.8. The molecule has 1 aliphatic heterocycles. The van der Waals surface area contributed by atoms with E-state index >= 15 is 0 Å². The Labute approximate surface area is 133 Å². The SMILES string of the molecule is Cc1c(F)cc(S(=O)(=O)N2CCCC2CN)cc1[N+](=O)[O-].Cl. The topological polar surface area (TPSA) is 107 Å². The van der Waals surface area contributed by atoms with E-state index in [4.69, 9.17) is 5.73 Å². The normalized spacial score (nSPS) is 19.0. The van der Waals surface area contributed by atoms with Crippen molar-refractivity contribution >= 4 is 28.1 Å². The minimum atomic E-state index is -3.99. The third kappa shape index (κ3) is 3.22. The lowest BCUT2D eigenvalue weighted by Crippen LogP contribution is -2.39. The molecule has 1 saturated heterocycles. The highest BCUT2D eigenvalue weighted by molar-refractivity contribution is 7.89. The van der Waals surface area contributed by atoms with Gasteiger partial charge in [0.2, 0.25) is 10.0 Å². The van der Waals surface area contributed by atoms with Crippen molar-refractivity contribution in [1.82, 2.24) is 4.31 Å². The third-order valence-electron chi connectivity index (χ3n) is 3.69. The molecule has 2 N–H and O–H groups in total. The van der Waals surface area contributed by atoms with Crippen molar-refractivity contribution in [1.29, 1.82) is 0 Å². The molecular formula is C12H17ClFN3O4S. The van der Waals surface area contributed by atoms with Crippen LogP contribution in [0.3, 0.4) is 0 Å². The van der Waals surface area contributed by atoms with Gasteiger partial charge in [-0.3, -0.25) is 10.1 Å². The Hall–Kier alpha value is -1.29. The molecule has 1 atom stereocenters. The Morgan fingerprint density at radius 2 is 2.14 bits per heavy atom. The summed E-state index contributed by atoms with van der Waals surface area (Å²) >= 11 is 0. The lowest BCUT2D eigenvalue weighted by molar-refractivity contribution is -0.385. The minimum Gasteiger partial charge on any atom is -0.329 e. The van der Waals surface area contributed by atoms with Gasteiger partial charge >= 0.3 is 0 Å². The van der Waals surface area contributed by atoms with Crippen LogP contribution in [0.4, 0.5) is 10.1 Å². The molecular weight excluding hydrogens is 337 g/mol.